The molecule has 0 saturated heterocycles. The molecule has 0 aliphatic heterocycles. The molecular formula is C15H15FN2O2S. The van der Waals surface area contributed by atoms with E-state index in [1.54, 1.807) is 37.4 Å². The fraction of sp³-hybridized carbons (Fsp3) is 0.133. The van der Waals surface area contributed by atoms with Crippen LogP contribution in [0.4, 0.5) is 15.8 Å². The van der Waals surface area contributed by atoms with Crippen molar-refractivity contribution in [2.24, 2.45) is 0 Å². The SMILES string of the molecule is COc1cccc(NC(=O)CSc2ccc(F)cc2N)c1. The second-order valence-electron chi connectivity index (χ2n) is 4.25. The highest BCUT2D eigenvalue weighted by molar-refractivity contribution is 8.00. The minimum atomic E-state index is -0.391. The summed E-state index contributed by atoms with van der Waals surface area (Å²) >= 11 is 1.26. The van der Waals surface area contributed by atoms with E-state index in [4.69, 9.17) is 10.5 Å². The number of halogens is 1. The summed E-state index contributed by atoms with van der Waals surface area (Å²) < 4.78 is 18.0. The molecule has 0 saturated carbocycles. The van der Waals surface area contributed by atoms with Gasteiger partial charge in [-0.15, -0.1) is 11.8 Å². The molecule has 0 spiro atoms. The number of hydrogen-bond donors (Lipinski definition) is 2. The van der Waals surface area contributed by atoms with Crippen LogP contribution in [0, 0.1) is 5.82 Å². The van der Waals surface area contributed by atoms with Crippen molar-refractivity contribution in [3.63, 3.8) is 0 Å². The highest BCUT2D eigenvalue weighted by Crippen LogP contribution is 2.25. The van der Waals surface area contributed by atoms with E-state index in [1.165, 1.54) is 23.9 Å². The summed E-state index contributed by atoms with van der Waals surface area (Å²) in [4.78, 5) is 12.6. The molecular weight excluding hydrogens is 291 g/mol. The van der Waals surface area contributed by atoms with Crippen LogP contribution in [0.2, 0.25) is 0 Å². The van der Waals surface area contributed by atoms with Gasteiger partial charge in [-0.2, -0.15) is 0 Å². The summed E-state index contributed by atoms with van der Waals surface area (Å²) in [5, 5.41) is 2.76. The minimum absolute atomic E-state index is 0.169. The number of carbonyl (C=O) groups excluding carboxylic acids is 1. The summed E-state index contributed by atoms with van der Waals surface area (Å²) in [5.41, 5.74) is 6.68. The quantitative estimate of drug-likeness (QED) is 0.658. The van der Waals surface area contributed by atoms with Crippen molar-refractivity contribution < 1.29 is 13.9 Å². The molecule has 0 radical (unpaired) electrons. The van der Waals surface area contributed by atoms with E-state index < -0.39 is 5.82 Å². The lowest BCUT2D eigenvalue weighted by Gasteiger charge is -2.08. The van der Waals surface area contributed by atoms with Gasteiger partial charge >= 0.3 is 0 Å². The highest BCUT2D eigenvalue weighted by atomic mass is 32.2. The minimum Gasteiger partial charge on any atom is -0.497 e. The number of benzene rings is 2. The van der Waals surface area contributed by atoms with Crippen molar-refractivity contribution in [2.75, 3.05) is 23.9 Å². The van der Waals surface area contributed by atoms with Crippen molar-refractivity contribution in [1.82, 2.24) is 0 Å². The second-order valence-corrected chi connectivity index (χ2v) is 5.27. The number of thioether (sulfide) groups is 1. The standard InChI is InChI=1S/C15H15FN2O2S/c1-20-12-4-2-3-11(8-12)18-15(19)9-21-14-6-5-10(16)7-13(14)17/h2-8H,9,17H2,1H3,(H,18,19). The lowest BCUT2D eigenvalue weighted by atomic mass is 10.3. The smallest absolute Gasteiger partial charge is 0.234 e. The molecule has 3 N–H and O–H groups in total. The third-order valence-corrected chi connectivity index (χ3v) is 3.77. The Bertz CT molecular complexity index is 649. The van der Waals surface area contributed by atoms with Gasteiger partial charge in [0.15, 0.2) is 0 Å². The van der Waals surface area contributed by atoms with Crippen molar-refractivity contribution >= 4 is 29.0 Å². The van der Waals surface area contributed by atoms with Crippen LogP contribution in [-0.4, -0.2) is 18.8 Å². The van der Waals surface area contributed by atoms with Gasteiger partial charge in [-0.1, -0.05) is 6.07 Å². The number of rotatable bonds is 5. The number of carbonyl (C=O) groups is 1. The van der Waals surface area contributed by atoms with Crippen molar-refractivity contribution in [2.45, 2.75) is 4.90 Å². The van der Waals surface area contributed by atoms with E-state index in [-0.39, 0.29) is 11.7 Å². The molecule has 6 heteroatoms. The van der Waals surface area contributed by atoms with Crippen LogP contribution < -0.4 is 15.8 Å². The number of anilines is 2. The molecule has 2 aromatic rings. The van der Waals surface area contributed by atoms with Crippen LogP contribution in [-0.2, 0) is 4.79 Å². The normalized spacial score (nSPS) is 10.2. The monoisotopic (exact) mass is 306 g/mol. The van der Waals surface area contributed by atoms with E-state index in [1.807, 2.05) is 0 Å². The van der Waals surface area contributed by atoms with Crippen LogP contribution >= 0.6 is 11.8 Å². The molecule has 0 aromatic heterocycles. The van der Waals surface area contributed by atoms with Crippen molar-refractivity contribution in [1.29, 1.82) is 0 Å². The van der Waals surface area contributed by atoms with Gasteiger partial charge in [-0.05, 0) is 30.3 Å². The molecule has 110 valence electrons. The van der Waals surface area contributed by atoms with Gasteiger partial charge < -0.3 is 15.8 Å². The Kier molecular flexibility index (Phi) is 5.05. The summed E-state index contributed by atoms with van der Waals surface area (Å²) in [6, 6.07) is 11.2. The number of nitrogens with one attached hydrogen (secondary N) is 1. The summed E-state index contributed by atoms with van der Waals surface area (Å²) in [6.45, 7) is 0. The van der Waals surface area contributed by atoms with Crippen LogP contribution in [0.3, 0.4) is 0 Å². The molecule has 2 rings (SSSR count). The Morgan fingerprint density at radius 1 is 1.33 bits per heavy atom. The van der Waals surface area contributed by atoms with Crippen LogP contribution in [0.1, 0.15) is 0 Å². The molecule has 0 unspecified atom stereocenters. The van der Waals surface area contributed by atoms with Crippen molar-refractivity contribution in [3.05, 3.63) is 48.3 Å². The van der Waals surface area contributed by atoms with Crippen molar-refractivity contribution in [3.8, 4) is 5.75 Å². The molecule has 2 aromatic carbocycles. The van der Waals surface area contributed by atoms with Gasteiger partial charge in [0, 0.05) is 22.3 Å². The number of methoxy groups -OCH3 is 1. The van der Waals surface area contributed by atoms with E-state index in [2.05, 4.69) is 5.32 Å². The first-order valence-corrected chi connectivity index (χ1v) is 7.19. The van der Waals surface area contributed by atoms with Gasteiger partial charge in [0.25, 0.3) is 0 Å². The number of nitrogens with two attached hydrogens (primary N) is 1. The van der Waals surface area contributed by atoms with Crippen LogP contribution in [0.15, 0.2) is 47.4 Å². The van der Waals surface area contributed by atoms with E-state index in [0.29, 0.717) is 22.0 Å². The third kappa shape index (κ3) is 4.39. The first-order valence-electron chi connectivity index (χ1n) is 6.20. The Balaban J connectivity index is 1.92. The predicted octanol–water partition coefficient (Wildman–Crippen LogP) is 3.15. The first kappa shape index (κ1) is 15.2. The number of nitrogen functional groups attached to an aromatic ring is 1. The zero-order chi connectivity index (χ0) is 15.2. The summed E-state index contributed by atoms with van der Waals surface area (Å²) in [5.74, 6) is 0.297. The number of amides is 1. The fourth-order valence-corrected chi connectivity index (χ4v) is 2.44. The molecule has 0 aliphatic rings. The largest absolute Gasteiger partial charge is 0.497 e. The Morgan fingerprint density at radius 3 is 2.86 bits per heavy atom. The number of ether oxygens (including phenoxy) is 1. The van der Waals surface area contributed by atoms with E-state index >= 15 is 0 Å². The Labute approximate surface area is 126 Å². The molecule has 0 heterocycles. The lowest BCUT2D eigenvalue weighted by molar-refractivity contribution is -0.113. The summed E-state index contributed by atoms with van der Waals surface area (Å²) in [6.07, 6.45) is 0. The van der Waals surface area contributed by atoms with Gasteiger partial charge in [0.1, 0.15) is 11.6 Å². The summed E-state index contributed by atoms with van der Waals surface area (Å²) in [7, 11) is 1.56. The number of hydrogen-bond acceptors (Lipinski definition) is 4. The Morgan fingerprint density at radius 2 is 2.14 bits per heavy atom. The molecule has 21 heavy (non-hydrogen) atoms. The lowest BCUT2D eigenvalue weighted by Crippen LogP contribution is -2.14. The van der Waals surface area contributed by atoms with Gasteiger partial charge in [-0.25, -0.2) is 4.39 Å². The van der Waals surface area contributed by atoms with Crippen LogP contribution in [0.25, 0.3) is 0 Å². The maximum atomic E-state index is 12.9. The first-order chi connectivity index (χ1) is 10.1. The van der Waals surface area contributed by atoms with Gasteiger partial charge in [0.2, 0.25) is 5.91 Å². The van der Waals surface area contributed by atoms with Gasteiger partial charge in [-0.3, -0.25) is 4.79 Å². The molecule has 0 atom stereocenters. The van der Waals surface area contributed by atoms with Crippen LogP contribution in [0.5, 0.6) is 5.75 Å². The zero-order valence-corrected chi connectivity index (χ0v) is 12.2. The zero-order valence-electron chi connectivity index (χ0n) is 11.4. The van der Waals surface area contributed by atoms with E-state index in [9.17, 15) is 9.18 Å². The Hall–Kier alpha value is -2.21. The topological polar surface area (TPSA) is 64.3 Å². The molecule has 0 fully saturated rings. The molecule has 0 bridgehead atoms. The van der Waals surface area contributed by atoms with Gasteiger partial charge in [0.05, 0.1) is 12.9 Å². The second kappa shape index (κ2) is 6.99. The molecule has 1 amide bonds. The predicted molar refractivity (Wildman–Crippen MR) is 83.2 cm³/mol. The molecule has 0 aliphatic carbocycles. The third-order valence-electron chi connectivity index (χ3n) is 2.68. The maximum absolute atomic E-state index is 12.9. The van der Waals surface area contributed by atoms with E-state index in [0.717, 1.165) is 0 Å². The fourth-order valence-electron chi connectivity index (χ4n) is 1.69. The average Bonchev–Trinajstić information content (AvgIpc) is 2.46. The average molecular weight is 306 g/mol. The molecule has 4 nitrogen and oxygen atoms in total. The maximum Gasteiger partial charge on any atom is 0.234 e. The highest BCUT2D eigenvalue weighted by Gasteiger charge is 2.07.